The maximum Gasteiger partial charge on any atom is 0.341 e. The van der Waals surface area contributed by atoms with Gasteiger partial charge in [0.2, 0.25) is 5.91 Å². The number of benzene rings is 1. The lowest BCUT2D eigenvalue weighted by Gasteiger charge is -2.29. The quantitative estimate of drug-likeness (QED) is 0.695. The minimum absolute atomic E-state index is 0.165. The third-order valence-corrected chi connectivity index (χ3v) is 5.76. The van der Waals surface area contributed by atoms with Crippen LogP contribution >= 0.6 is 22.9 Å². The Balaban J connectivity index is 1.83. The number of carbonyl (C=O) groups is 2. The number of esters is 1. The molecule has 150 valence electrons. The van der Waals surface area contributed by atoms with Gasteiger partial charge in [-0.05, 0) is 32.4 Å². The highest BCUT2D eigenvalue weighted by molar-refractivity contribution is 7.15. The SMILES string of the molecule is CCOC(=O)c1c(-c2ccccc2Cl)csc1NC(=O)CN1CCCC(O)C1. The molecule has 28 heavy (non-hydrogen) atoms. The lowest BCUT2D eigenvalue weighted by Crippen LogP contribution is -2.42. The van der Waals surface area contributed by atoms with Crippen molar-refractivity contribution in [3.63, 3.8) is 0 Å². The average Bonchev–Trinajstić information content (AvgIpc) is 3.05. The summed E-state index contributed by atoms with van der Waals surface area (Å²) in [6, 6.07) is 7.24. The Labute approximate surface area is 173 Å². The number of hydrogen-bond donors (Lipinski definition) is 2. The van der Waals surface area contributed by atoms with Gasteiger partial charge >= 0.3 is 5.97 Å². The second-order valence-electron chi connectivity index (χ2n) is 6.63. The summed E-state index contributed by atoms with van der Waals surface area (Å²) in [6.45, 7) is 3.38. The minimum atomic E-state index is -0.498. The second-order valence-corrected chi connectivity index (χ2v) is 7.92. The molecular formula is C20H23ClN2O4S. The standard InChI is InChI=1S/C20H23ClN2O4S/c1-2-27-20(26)18-15(14-7-3-4-8-16(14)21)12-28-19(18)22-17(25)11-23-9-5-6-13(24)10-23/h3-4,7-8,12-13,24H,2,5-6,9-11H2,1H3,(H,22,25). The van der Waals surface area contributed by atoms with E-state index < -0.39 is 12.1 Å². The molecule has 1 fully saturated rings. The van der Waals surface area contributed by atoms with E-state index in [1.165, 1.54) is 11.3 Å². The van der Waals surface area contributed by atoms with Crippen molar-refractivity contribution in [1.82, 2.24) is 4.90 Å². The largest absolute Gasteiger partial charge is 0.462 e. The van der Waals surface area contributed by atoms with Crippen molar-refractivity contribution in [2.45, 2.75) is 25.9 Å². The maximum absolute atomic E-state index is 12.6. The van der Waals surface area contributed by atoms with Gasteiger partial charge in [-0.1, -0.05) is 29.8 Å². The summed E-state index contributed by atoms with van der Waals surface area (Å²) in [5.74, 6) is -0.727. The number of likely N-dealkylation sites (tertiary alicyclic amines) is 1. The van der Waals surface area contributed by atoms with E-state index in [1.807, 2.05) is 23.1 Å². The number of halogens is 1. The maximum atomic E-state index is 12.6. The molecule has 1 amide bonds. The molecule has 3 rings (SSSR count). The molecule has 1 unspecified atom stereocenters. The first-order valence-corrected chi connectivity index (χ1v) is 10.5. The molecule has 0 spiro atoms. The van der Waals surface area contributed by atoms with E-state index in [0.717, 1.165) is 19.4 Å². The van der Waals surface area contributed by atoms with Crippen molar-refractivity contribution in [1.29, 1.82) is 0 Å². The van der Waals surface area contributed by atoms with Gasteiger partial charge in [-0.2, -0.15) is 0 Å². The fraction of sp³-hybridized carbons (Fsp3) is 0.400. The molecule has 8 heteroatoms. The van der Waals surface area contributed by atoms with Crippen molar-refractivity contribution in [2.24, 2.45) is 0 Å². The zero-order valence-electron chi connectivity index (χ0n) is 15.6. The van der Waals surface area contributed by atoms with Crippen LogP contribution in [0.5, 0.6) is 0 Å². The smallest absolute Gasteiger partial charge is 0.341 e. The molecule has 0 aliphatic carbocycles. The lowest BCUT2D eigenvalue weighted by molar-refractivity contribution is -0.117. The van der Waals surface area contributed by atoms with E-state index in [2.05, 4.69) is 5.32 Å². The van der Waals surface area contributed by atoms with Crippen LogP contribution in [0.15, 0.2) is 29.6 Å². The molecule has 0 saturated carbocycles. The van der Waals surface area contributed by atoms with E-state index in [4.69, 9.17) is 16.3 Å². The highest BCUT2D eigenvalue weighted by Crippen LogP contribution is 2.39. The monoisotopic (exact) mass is 422 g/mol. The van der Waals surface area contributed by atoms with Crippen LogP contribution < -0.4 is 5.32 Å². The normalized spacial score (nSPS) is 17.3. The summed E-state index contributed by atoms with van der Waals surface area (Å²) in [4.78, 5) is 27.0. The van der Waals surface area contributed by atoms with Gasteiger partial charge in [0.15, 0.2) is 0 Å². The fourth-order valence-electron chi connectivity index (χ4n) is 3.28. The zero-order chi connectivity index (χ0) is 20.1. The molecule has 0 radical (unpaired) electrons. The Morgan fingerprint density at radius 3 is 2.86 bits per heavy atom. The minimum Gasteiger partial charge on any atom is -0.462 e. The van der Waals surface area contributed by atoms with Crippen molar-refractivity contribution in [3.05, 3.63) is 40.2 Å². The number of carbonyl (C=O) groups excluding carboxylic acids is 2. The molecule has 6 nitrogen and oxygen atoms in total. The predicted molar refractivity (Wildman–Crippen MR) is 111 cm³/mol. The van der Waals surface area contributed by atoms with Gasteiger partial charge in [0.05, 0.1) is 19.3 Å². The molecular weight excluding hydrogens is 400 g/mol. The number of thiophene rings is 1. The van der Waals surface area contributed by atoms with Crippen molar-refractivity contribution >= 4 is 39.8 Å². The predicted octanol–water partition coefficient (Wildman–Crippen LogP) is 3.64. The number of hydrogen-bond acceptors (Lipinski definition) is 6. The second kappa shape index (κ2) is 9.52. The van der Waals surface area contributed by atoms with Gasteiger partial charge in [-0.15, -0.1) is 11.3 Å². The van der Waals surface area contributed by atoms with Crippen LogP contribution in [0.1, 0.15) is 30.1 Å². The molecule has 1 aromatic carbocycles. The Kier molecular flexibility index (Phi) is 7.07. The van der Waals surface area contributed by atoms with Gasteiger partial charge in [0.1, 0.15) is 10.6 Å². The highest BCUT2D eigenvalue weighted by atomic mass is 35.5. The van der Waals surface area contributed by atoms with Crippen LogP contribution in [-0.2, 0) is 9.53 Å². The zero-order valence-corrected chi connectivity index (χ0v) is 17.2. The van der Waals surface area contributed by atoms with Gasteiger partial charge in [0.25, 0.3) is 0 Å². The molecule has 1 aromatic heterocycles. The number of rotatable bonds is 6. The number of aliphatic hydroxyl groups is 1. The van der Waals surface area contributed by atoms with E-state index in [9.17, 15) is 14.7 Å². The van der Waals surface area contributed by atoms with Gasteiger partial charge in [-0.25, -0.2) is 4.79 Å². The molecule has 2 aromatic rings. The van der Waals surface area contributed by atoms with E-state index in [0.29, 0.717) is 33.3 Å². The number of β-amino-alcohol motifs (C(OH)–C–C–N with tert-alkyl or cyclic N) is 1. The first-order valence-electron chi connectivity index (χ1n) is 9.23. The third-order valence-electron chi connectivity index (χ3n) is 4.54. The molecule has 1 aliphatic heterocycles. The molecule has 0 bridgehead atoms. The van der Waals surface area contributed by atoms with Crippen LogP contribution in [0.2, 0.25) is 5.02 Å². The fourth-order valence-corrected chi connectivity index (χ4v) is 4.48. The lowest BCUT2D eigenvalue weighted by atomic mass is 10.0. The van der Waals surface area contributed by atoms with Crippen molar-refractivity contribution < 1.29 is 19.4 Å². The molecule has 1 saturated heterocycles. The molecule has 1 aliphatic rings. The Morgan fingerprint density at radius 2 is 2.14 bits per heavy atom. The summed E-state index contributed by atoms with van der Waals surface area (Å²) in [6.07, 6.45) is 1.22. The van der Waals surface area contributed by atoms with Crippen LogP contribution in [0.25, 0.3) is 11.1 Å². The first-order chi connectivity index (χ1) is 13.5. The Morgan fingerprint density at radius 1 is 1.36 bits per heavy atom. The van der Waals surface area contributed by atoms with E-state index in [1.54, 1.807) is 18.4 Å². The summed E-state index contributed by atoms with van der Waals surface area (Å²) in [5.41, 5.74) is 1.66. The number of anilines is 1. The van der Waals surface area contributed by atoms with Crippen molar-refractivity contribution in [3.8, 4) is 11.1 Å². The summed E-state index contributed by atoms with van der Waals surface area (Å²) < 4.78 is 5.20. The summed E-state index contributed by atoms with van der Waals surface area (Å²) in [5, 5.41) is 15.4. The van der Waals surface area contributed by atoms with E-state index in [-0.39, 0.29) is 19.1 Å². The van der Waals surface area contributed by atoms with Crippen LogP contribution in [0.4, 0.5) is 5.00 Å². The summed E-state index contributed by atoms with van der Waals surface area (Å²) >= 11 is 7.57. The van der Waals surface area contributed by atoms with Crippen LogP contribution in [0.3, 0.4) is 0 Å². The highest BCUT2D eigenvalue weighted by Gasteiger charge is 2.25. The van der Waals surface area contributed by atoms with Gasteiger partial charge in [0, 0.05) is 28.1 Å². The number of aliphatic hydroxyl groups excluding tert-OH is 1. The number of amides is 1. The average molecular weight is 423 g/mol. The number of nitrogens with zero attached hydrogens (tertiary/aromatic N) is 1. The molecule has 2 heterocycles. The summed E-state index contributed by atoms with van der Waals surface area (Å²) in [7, 11) is 0. The van der Waals surface area contributed by atoms with Crippen LogP contribution in [0, 0.1) is 0 Å². The topological polar surface area (TPSA) is 78.9 Å². The third kappa shape index (κ3) is 4.91. The van der Waals surface area contributed by atoms with Crippen molar-refractivity contribution in [2.75, 3.05) is 31.6 Å². The Bertz CT molecular complexity index is 854. The first kappa shape index (κ1) is 20.8. The molecule has 2 N–H and O–H groups in total. The number of ether oxygens (including phenoxy) is 1. The Hall–Kier alpha value is -1.93. The van der Waals surface area contributed by atoms with Gasteiger partial charge < -0.3 is 15.2 Å². The van der Waals surface area contributed by atoms with E-state index >= 15 is 0 Å². The van der Waals surface area contributed by atoms with Gasteiger partial charge in [-0.3, -0.25) is 9.69 Å². The number of piperidine rings is 1. The van der Waals surface area contributed by atoms with Crippen LogP contribution in [-0.4, -0.2) is 54.2 Å². The number of nitrogens with one attached hydrogen (secondary N) is 1. The molecule has 1 atom stereocenters.